The number of piperazine rings is 1. The average molecular weight is 536 g/mol. The van der Waals surface area contributed by atoms with Crippen molar-refractivity contribution in [2.45, 2.75) is 57.8 Å². The lowest BCUT2D eigenvalue weighted by atomic mass is 9.86. The van der Waals surface area contributed by atoms with Crippen molar-refractivity contribution in [1.29, 1.82) is 0 Å². The predicted molar refractivity (Wildman–Crippen MR) is 142 cm³/mol. The molecule has 0 spiro atoms. The van der Waals surface area contributed by atoms with Crippen LogP contribution in [-0.2, 0) is 6.18 Å². The summed E-state index contributed by atoms with van der Waals surface area (Å²) in [7, 11) is 6.48. The van der Waals surface area contributed by atoms with Gasteiger partial charge < -0.3 is 14.5 Å². The first-order valence-corrected chi connectivity index (χ1v) is 13.2. The molecule has 38 heavy (non-hydrogen) atoms. The lowest BCUT2D eigenvalue weighted by Crippen LogP contribution is -2.54. The SMILES string of the molecule is Cc1c(OCCCN(C)C)ccc(C2CCCC3CN(C)CCN32)c1C.O=Cc1cnc(C(F)(F)F)nc1. The van der Waals surface area contributed by atoms with Gasteiger partial charge in [-0.1, -0.05) is 6.07 Å². The van der Waals surface area contributed by atoms with E-state index in [9.17, 15) is 18.0 Å². The van der Waals surface area contributed by atoms with Gasteiger partial charge in [-0.25, -0.2) is 9.97 Å². The molecule has 0 N–H and O–H groups in total. The van der Waals surface area contributed by atoms with Crippen LogP contribution in [0.2, 0.25) is 0 Å². The number of aldehydes is 1. The van der Waals surface area contributed by atoms with Gasteiger partial charge in [0, 0.05) is 50.7 Å². The van der Waals surface area contributed by atoms with Gasteiger partial charge >= 0.3 is 6.18 Å². The molecule has 0 aliphatic carbocycles. The Hall–Kier alpha value is -2.56. The van der Waals surface area contributed by atoms with E-state index in [4.69, 9.17) is 4.74 Å². The highest BCUT2D eigenvalue weighted by molar-refractivity contribution is 5.73. The summed E-state index contributed by atoms with van der Waals surface area (Å²) in [6, 6.07) is 5.88. The highest BCUT2D eigenvalue weighted by Gasteiger charge is 2.36. The highest BCUT2D eigenvalue weighted by Crippen LogP contribution is 2.39. The van der Waals surface area contributed by atoms with Crippen molar-refractivity contribution in [3.63, 3.8) is 0 Å². The molecular formula is C28H40F3N5O2. The Morgan fingerprint density at radius 3 is 2.45 bits per heavy atom. The van der Waals surface area contributed by atoms with Crippen LogP contribution in [-0.4, -0.2) is 90.9 Å². The van der Waals surface area contributed by atoms with Crippen LogP contribution in [0.4, 0.5) is 13.2 Å². The predicted octanol–water partition coefficient (Wildman–Crippen LogP) is 4.78. The molecule has 0 bridgehead atoms. The van der Waals surface area contributed by atoms with E-state index in [0.29, 0.717) is 12.3 Å². The monoisotopic (exact) mass is 535 g/mol. The van der Waals surface area contributed by atoms with Crippen LogP contribution in [0.25, 0.3) is 0 Å². The van der Waals surface area contributed by atoms with Crippen molar-refractivity contribution in [1.82, 2.24) is 24.7 Å². The second kappa shape index (κ2) is 13.5. The van der Waals surface area contributed by atoms with Crippen molar-refractivity contribution < 1.29 is 22.7 Å². The van der Waals surface area contributed by atoms with Crippen LogP contribution in [0.5, 0.6) is 5.75 Å². The lowest BCUT2D eigenvalue weighted by Gasteiger charge is -2.48. The zero-order valence-electron chi connectivity index (χ0n) is 23.1. The first-order valence-electron chi connectivity index (χ1n) is 13.2. The van der Waals surface area contributed by atoms with Gasteiger partial charge in [0.25, 0.3) is 0 Å². The largest absolute Gasteiger partial charge is 0.493 e. The molecule has 10 heteroatoms. The third-order valence-electron chi connectivity index (χ3n) is 7.35. The summed E-state index contributed by atoms with van der Waals surface area (Å²) >= 11 is 0. The number of carbonyl (C=O) groups is 1. The van der Waals surface area contributed by atoms with Crippen LogP contribution in [0.3, 0.4) is 0 Å². The number of alkyl halides is 3. The smallest absolute Gasteiger partial charge is 0.451 e. The van der Waals surface area contributed by atoms with Gasteiger partial charge in [0.05, 0.1) is 12.2 Å². The lowest BCUT2D eigenvalue weighted by molar-refractivity contribution is -0.145. The number of fused-ring (bicyclic) bond motifs is 1. The molecule has 2 fully saturated rings. The van der Waals surface area contributed by atoms with Crippen molar-refractivity contribution in [3.8, 4) is 5.75 Å². The Balaban J connectivity index is 0.000000279. The third-order valence-corrected chi connectivity index (χ3v) is 7.35. The number of piperidine rings is 1. The van der Waals surface area contributed by atoms with Gasteiger partial charge in [0.1, 0.15) is 5.75 Å². The van der Waals surface area contributed by atoms with Crippen molar-refractivity contribution in [2.24, 2.45) is 0 Å². The van der Waals surface area contributed by atoms with Crippen LogP contribution >= 0.6 is 0 Å². The van der Waals surface area contributed by atoms with E-state index < -0.39 is 12.0 Å². The number of halogens is 3. The van der Waals surface area contributed by atoms with Gasteiger partial charge in [0.2, 0.25) is 5.82 Å². The maximum Gasteiger partial charge on any atom is 0.451 e. The maximum atomic E-state index is 11.8. The zero-order chi connectivity index (χ0) is 27.9. The Morgan fingerprint density at radius 1 is 1.11 bits per heavy atom. The molecule has 2 aliphatic heterocycles. The topological polar surface area (TPSA) is 61.8 Å². The molecule has 1 aromatic carbocycles. The fourth-order valence-electron chi connectivity index (χ4n) is 5.18. The Bertz CT molecular complexity index is 1050. The number of ether oxygens (including phenoxy) is 1. The van der Waals surface area contributed by atoms with E-state index in [2.05, 4.69) is 71.8 Å². The summed E-state index contributed by atoms with van der Waals surface area (Å²) in [6.45, 7) is 10.00. The van der Waals surface area contributed by atoms with E-state index in [-0.39, 0.29) is 5.56 Å². The number of hydrogen-bond acceptors (Lipinski definition) is 7. The van der Waals surface area contributed by atoms with Crippen molar-refractivity contribution >= 4 is 6.29 Å². The number of carbonyl (C=O) groups excluding carboxylic acids is 1. The first-order chi connectivity index (χ1) is 18.0. The molecule has 0 amide bonds. The highest BCUT2D eigenvalue weighted by atomic mass is 19.4. The number of rotatable bonds is 7. The molecule has 4 rings (SSSR count). The van der Waals surface area contributed by atoms with Crippen LogP contribution < -0.4 is 4.74 Å². The zero-order valence-corrected chi connectivity index (χ0v) is 23.1. The summed E-state index contributed by atoms with van der Waals surface area (Å²) in [4.78, 5) is 23.4. The maximum absolute atomic E-state index is 11.8. The molecule has 2 saturated heterocycles. The number of likely N-dealkylation sites (N-methyl/N-ethyl adjacent to an activating group) is 1. The summed E-state index contributed by atoms with van der Waals surface area (Å²) in [5, 5.41) is 0. The number of benzene rings is 1. The first kappa shape index (κ1) is 30.0. The van der Waals surface area contributed by atoms with E-state index in [1.807, 2.05) is 0 Å². The molecule has 0 radical (unpaired) electrons. The minimum Gasteiger partial charge on any atom is -0.493 e. The molecule has 3 heterocycles. The fraction of sp³-hybridized carbons (Fsp3) is 0.607. The molecule has 2 aliphatic rings. The molecule has 2 unspecified atom stereocenters. The van der Waals surface area contributed by atoms with Crippen LogP contribution in [0.15, 0.2) is 24.5 Å². The van der Waals surface area contributed by atoms with Crippen LogP contribution in [0.1, 0.15) is 64.6 Å². The minimum atomic E-state index is -4.55. The summed E-state index contributed by atoms with van der Waals surface area (Å²) < 4.78 is 41.5. The molecule has 7 nitrogen and oxygen atoms in total. The van der Waals surface area contributed by atoms with Gasteiger partial charge in [-0.05, 0) is 83.4 Å². The Kier molecular flexibility index (Phi) is 10.6. The van der Waals surface area contributed by atoms with Gasteiger partial charge in [-0.15, -0.1) is 0 Å². The minimum absolute atomic E-state index is 0.0167. The fourth-order valence-corrected chi connectivity index (χ4v) is 5.18. The summed E-state index contributed by atoms with van der Waals surface area (Å²) in [5.74, 6) is -0.177. The molecule has 0 saturated carbocycles. The van der Waals surface area contributed by atoms with Crippen molar-refractivity contribution in [2.75, 3.05) is 53.9 Å². The number of nitrogens with zero attached hydrogens (tertiary/aromatic N) is 5. The molecule has 210 valence electrons. The molecule has 2 aromatic rings. The van der Waals surface area contributed by atoms with Gasteiger partial charge in [0.15, 0.2) is 6.29 Å². The summed E-state index contributed by atoms with van der Waals surface area (Å²) in [5.41, 5.74) is 4.30. The normalized spacial score (nSPS) is 20.4. The molecule has 2 atom stereocenters. The standard InChI is InChI=1S/C22H37N3O.C6H3F3N2O/c1-17-18(2)22(26-15-7-12-23(3)4)11-10-20(17)21-9-6-8-19-16-24(5)13-14-25(19)21;7-6(8,9)5-10-1-4(3-12)2-11-5/h10-11,19,21H,6-9,12-16H2,1-5H3;1-3H. The molecular weight excluding hydrogens is 495 g/mol. The number of hydrogen-bond donors (Lipinski definition) is 0. The van der Waals surface area contributed by atoms with Gasteiger partial charge in [-0.2, -0.15) is 13.2 Å². The second-order valence-corrected chi connectivity index (χ2v) is 10.5. The van der Waals surface area contributed by atoms with E-state index >= 15 is 0 Å². The second-order valence-electron chi connectivity index (χ2n) is 10.5. The van der Waals surface area contributed by atoms with E-state index in [0.717, 1.165) is 43.8 Å². The summed E-state index contributed by atoms with van der Waals surface area (Å²) in [6.07, 6.45) is 2.53. The van der Waals surface area contributed by atoms with E-state index in [1.165, 1.54) is 55.6 Å². The third kappa shape index (κ3) is 7.97. The average Bonchev–Trinajstić information content (AvgIpc) is 2.88. The van der Waals surface area contributed by atoms with Crippen LogP contribution in [0, 0.1) is 13.8 Å². The number of aromatic nitrogens is 2. The molecule has 1 aromatic heterocycles. The van der Waals surface area contributed by atoms with Crippen molar-refractivity contribution in [3.05, 3.63) is 52.6 Å². The van der Waals surface area contributed by atoms with Gasteiger partial charge in [-0.3, -0.25) is 9.69 Å². The Morgan fingerprint density at radius 2 is 1.82 bits per heavy atom. The Labute approximate surface area is 224 Å². The quantitative estimate of drug-likeness (QED) is 0.374. The van der Waals surface area contributed by atoms with E-state index in [1.54, 1.807) is 0 Å².